The second kappa shape index (κ2) is 7.91. The van der Waals surface area contributed by atoms with E-state index >= 15 is 0 Å². The average molecular weight is 389 g/mol. The number of likely N-dealkylation sites (tertiary alicyclic amines) is 1. The number of hydrogen-bond acceptors (Lipinski definition) is 4. The second-order valence-corrected chi connectivity index (χ2v) is 7.42. The fourth-order valence-corrected chi connectivity index (χ4v) is 3.92. The van der Waals surface area contributed by atoms with E-state index in [0.717, 1.165) is 11.3 Å². The van der Waals surface area contributed by atoms with Gasteiger partial charge in [-0.15, -0.1) is 0 Å². The maximum atomic E-state index is 13.1. The van der Waals surface area contributed by atoms with Crippen LogP contribution in [0.15, 0.2) is 73.2 Å². The van der Waals surface area contributed by atoms with Gasteiger partial charge in [0.05, 0.1) is 23.5 Å². The van der Waals surface area contributed by atoms with E-state index < -0.39 is 18.0 Å². The summed E-state index contributed by atoms with van der Waals surface area (Å²) in [5, 5.41) is 0. The van der Waals surface area contributed by atoms with Crippen LogP contribution < -0.4 is 0 Å². The van der Waals surface area contributed by atoms with Gasteiger partial charge in [0.15, 0.2) is 0 Å². The Bertz CT molecular complexity index is 1000. The van der Waals surface area contributed by atoms with Crippen LogP contribution in [0, 0.1) is 5.92 Å². The van der Waals surface area contributed by atoms with Gasteiger partial charge in [-0.1, -0.05) is 48.5 Å². The average Bonchev–Trinajstić information content (AvgIpc) is 3.31. The van der Waals surface area contributed by atoms with E-state index in [4.69, 9.17) is 4.74 Å². The lowest BCUT2D eigenvalue weighted by Crippen LogP contribution is -2.30. The number of carbonyl (C=O) groups excluding carboxylic acids is 2. The number of nitrogens with zero attached hydrogens (tertiary/aromatic N) is 3. The van der Waals surface area contributed by atoms with Crippen LogP contribution in [0.4, 0.5) is 0 Å². The monoisotopic (exact) mass is 389 g/mol. The molecule has 0 N–H and O–H groups in total. The molecule has 1 amide bonds. The van der Waals surface area contributed by atoms with Gasteiger partial charge in [-0.25, -0.2) is 9.78 Å². The Morgan fingerprint density at radius 2 is 1.72 bits per heavy atom. The van der Waals surface area contributed by atoms with Crippen molar-refractivity contribution in [3.63, 3.8) is 0 Å². The fraction of sp³-hybridized carbons (Fsp3) is 0.261. The third-order valence-electron chi connectivity index (χ3n) is 5.37. The molecule has 148 valence electrons. The number of imidazole rings is 1. The van der Waals surface area contributed by atoms with Crippen molar-refractivity contribution in [2.75, 3.05) is 13.6 Å². The number of hydrogen-bond donors (Lipinski definition) is 0. The van der Waals surface area contributed by atoms with Crippen molar-refractivity contribution in [1.29, 1.82) is 0 Å². The number of benzene rings is 2. The van der Waals surface area contributed by atoms with Crippen molar-refractivity contribution < 1.29 is 14.3 Å². The minimum atomic E-state index is -0.701. The molecule has 0 aliphatic carbocycles. The van der Waals surface area contributed by atoms with Gasteiger partial charge in [-0.05, 0) is 17.7 Å². The summed E-state index contributed by atoms with van der Waals surface area (Å²) in [4.78, 5) is 32.1. The van der Waals surface area contributed by atoms with Crippen molar-refractivity contribution >= 4 is 11.9 Å². The number of rotatable bonds is 5. The molecule has 29 heavy (non-hydrogen) atoms. The van der Waals surface area contributed by atoms with Crippen LogP contribution in [-0.4, -0.2) is 39.9 Å². The van der Waals surface area contributed by atoms with Crippen LogP contribution in [0.3, 0.4) is 0 Å². The molecule has 4 rings (SSSR count). The standard InChI is InChI=1S/C23H23N3O3/c1-25-14-19(24-15-25)18-13-26(2)22(27)20(18)21(16-9-5-3-6-10-16)29-23(28)17-11-7-4-8-12-17/h3-12,14-15,18,20-21H,13H2,1-2H3. The Kier molecular flexibility index (Phi) is 5.16. The van der Waals surface area contributed by atoms with E-state index in [1.54, 1.807) is 42.5 Å². The molecule has 0 radical (unpaired) electrons. The maximum Gasteiger partial charge on any atom is 0.338 e. The molecule has 1 fully saturated rings. The Hall–Kier alpha value is -3.41. The molecule has 2 aromatic carbocycles. The Morgan fingerprint density at radius 3 is 2.34 bits per heavy atom. The van der Waals surface area contributed by atoms with Crippen molar-refractivity contribution in [3.8, 4) is 0 Å². The summed E-state index contributed by atoms with van der Waals surface area (Å²) in [6.45, 7) is 0.534. The van der Waals surface area contributed by atoms with Gasteiger partial charge in [0.25, 0.3) is 0 Å². The number of likely N-dealkylation sites (N-methyl/N-ethyl adjacent to an activating group) is 1. The Morgan fingerprint density at radius 1 is 1.07 bits per heavy atom. The maximum absolute atomic E-state index is 13.1. The summed E-state index contributed by atoms with van der Waals surface area (Å²) in [6.07, 6.45) is 2.95. The zero-order valence-electron chi connectivity index (χ0n) is 16.4. The topological polar surface area (TPSA) is 64.4 Å². The third-order valence-corrected chi connectivity index (χ3v) is 5.37. The molecule has 6 heteroatoms. The molecular formula is C23H23N3O3. The predicted molar refractivity (Wildman–Crippen MR) is 108 cm³/mol. The molecule has 0 spiro atoms. The van der Waals surface area contributed by atoms with Crippen LogP contribution in [0.2, 0.25) is 0 Å². The molecule has 3 aromatic rings. The van der Waals surface area contributed by atoms with Crippen LogP contribution in [0.1, 0.15) is 33.6 Å². The number of aryl methyl sites for hydroxylation is 1. The molecule has 1 aliphatic heterocycles. The summed E-state index contributed by atoms with van der Waals surface area (Å²) in [7, 11) is 3.68. The van der Waals surface area contributed by atoms with Crippen LogP contribution >= 0.6 is 0 Å². The van der Waals surface area contributed by atoms with E-state index in [1.807, 2.05) is 54.2 Å². The van der Waals surface area contributed by atoms with Crippen LogP contribution in [0.25, 0.3) is 0 Å². The zero-order chi connectivity index (χ0) is 20.4. The van der Waals surface area contributed by atoms with Crippen molar-refractivity contribution in [1.82, 2.24) is 14.5 Å². The van der Waals surface area contributed by atoms with Gasteiger partial charge >= 0.3 is 5.97 Å². The molecule has 2 heterocycles. The lowest BCUT2D eigenvalue weighted by molar-refractivity contribution is -0.133. The highest BCUT2D eigenvalue weighted by Crippen LogP contribution is 2.42. The minimum absolute atomic E-state index is 0.0460. The number of ether oxygens (including phenoxy) is 1. The summed E-state index contributed by atoms with van der Waals surface area (Å²) in [6, 6.07) is 18.3. The molecule has 1 aromatic heterocycles. The van der Waals surface area contributed by atoms with E-state index in [1.165, 1.54) is 0 Å². The quantitative estimate of drug-likeness (QED) is 0.629. The van der Waals surface area contributed by atoms with Gasteiger partial charge in [-0.3, -0.25) is 4.79 Å². The third kappa shape index (κ3) is 3.78. The van der Waals surface area contributed by atoms with Gasteiger partial charge in [0, 0.05) is 32.8 Å². The number of carbonyl (C=O) groups is 2. The highest BCUT2D eigenvalue weighted by atomic mass is 16.5. The number of amides is 1. The summed E-state index contributed by atoms with van der Waals surface area (Å²) >= 11 is 0. The lowest BCUT2D eigenvalue weighted by atomic mass is 9.84. The normalized spacial score (nSPS) is 19.9. The molecule has 1 aliphatic rings. The van der Waals surface area contributed by atoms with Gasteiger partial charge in [0.1, 0.15) is 6.10 Å². The SMILES string of the molecule is CN1CC(c2cn(C)cn2)C(C(OC(=O)c2ccccc2)c2ccccc2)C1=O. The zero-order valence-corrected chi connectivity index (χ0v) is 16.4. The van der Waals surface area contributed by atoms with E-state index in [0.29, 0.717) is 12.1 Å². The fourth-order valence-electron chi connectivity index (χ4n) is 3.92. The molecular weight excluding hydrogens is 366 g/mol. The number of esters is 1. The first-order valence-corrected chi connectivity index (χ1v) is 9.58. The smallest absolute Gasteiger partial charge is 0.338 e. The van der Waals surface area contributed by atoms with Gasteiger partial charge < -0.3 is 14.2 Å². The highest BCUT2D eigenvalue weighted by molar-refractivity contribution is 5.90. The largest absolute Gasteiger partial charge is 0.453 e. The van der Waals surface area contributed by atoms with Crippen LogP contribution in [0.5, 0.6) is 0 Å². The molecule has 0 bridgehead atoms. The van der Waals surface area contributed by atoms with Crippen LogP contribution in [-0.2, 0) is 16.6 Å². The first kappa shape index (κ1) is 18.9. The van der Waals surface area contributed by atoms with E-state index in [2.05, 4.69) is 4.98 Å². The summed E-state index contributed by atoms with van der Waals surface area (Å²) in [5.74, 6) is -1.19. The van der Waals surface area contributed by atoms with Crippen molar-refractivity contribution in [2.45, 2.75) is 12.0 Å². The number of aromatic nitrogens is 2. The minimum Gasteiger partial charge on any atom is -0.453 e. The Balaban J connectivity index is 1.73. The Labute approximate surface area is 169 Å². The lowest BCUT2D eigenvalue weighted by Gasteiger charge is -2.26. The molecule has 3 unspecified atom stereocenters. The molecule has 1 saturated heterocycles. The summed E-state index contributed by atoms with van der Waals surface area (Å²) < 4.78 is 7.83. The molecule has 3 atom stereocenters. The second-order valence-electron chi connectivity index (χ2n) is 7.42. The van der Waals surface area contributed by atoms with E-state index in [-0.39, 0.29) is 11.8 Å². The van der Waals surface area contributed by atoms with Crippen molar-refractivity contribution in [3.05, 3.63) is 90.0 Å². The first-order valence-electron chi connectivity index (χ1n) is 9.58. The van der Waals surface area contributed by atoms with Gasteiger partial charge in [0.2, 0.25) is 5.91 Å². The predicted octanol–water partition coefficient (Wildman–Crippen LogP) is 3.19. The molecule has 6 nitrogen and oxygen atoms in total. The van der Waals surface area contributed by atoms with Crippen molar-refractivity contribution in [2.24, 2.45) is 13.0 Å². The first-order chi connectivity index (χ1) is 14.0. The van der Waals surface area contributed by atoms with Gasteiger partial charge in [-0.2, -0.15) is 0 Å². The highest BCUT2D eigenvalue weighted by Gasteiger charge is 2.47. The van der Waals surface area contributed by atoms with E-state index in [9.17, 15) is 9.59 Å². The molecule has 0 saturated carbocycles. The summed E-state index contributed by atoms with van der Waals surface area (Å²) in [5.41, 5.74) is 2.08.